The Morgan fingerprint density at radius 3 is 2.62 bits per heavy atom. The molecule has 4 nitrogen and oxygen atoms in total. The molecule has 0 aromatic carbocycles. The average Bonchev–Trinajstić information content (AvgIpc) is 2.73. The summed E-state index contributed by atoms with van der Waals surface area (Å²) in [5.41, 5.74) is -0.498. The number of hydrogen-bond donors (Lipinski definition) is 1. The maximum absolute atomic E-state index is 11.7. The molecule has 21 heavy (non-hydrogen) atoms. The number of aliphatic carboxylic acids is 1. The predicted octanol–water partition coefficient (Wildman–Crippen LogP) is 2.83. The molecule has 122 valence electrons. The van der Waals surface area contributed by atoms with Gasteiger partial charge < -0.3 is 10.0 Å². The lowest BCUT2D eigenvalue weighted by atomic mass is 9.77. The van der Waals surface area contributed by atoms with E-state index in [-0.39, 0.29) is 0 Å². The van der Waals surface area contributed by atoms with E-state index in [2.05, 4.69) is 23.6 Å². The van der Waals surface area contributed by atoms with Gasteiger partial charge in [-0.1, -0.05) is 6.92 Å². The number of rotatable bonds is 4. The van der Waals surface area contributed by atoms with Crippen molar-refractivity contribution in [2.45, 2.75) is 71.4 Å². The zero-order valence-electron chi connectivity index (χ0n) is 14.0. The van der Waals surface area contributed by atoms with E-state index in [0.29, 0.717) is 12.1 Å². The number of hydrogen-bond acceptors (Lipinski definition) is 3. The van der Waals surface area contributed by atoms with Gasteiger partial charge >= 0.3 is 5.97 Å². The summed E-state index contributed by atoms with van der Waals surface area (Å²) in [5.74, 6) is -0.591. The van der Waals surface area contributed by atoms with Gasteiger partial charge in [-0.05, 0) is 72.0 Å². The minimum atomic E-state index is -0.591. The lowest BCUT2D eigenvalue weighted by Crippen LogP contribution is -2.51. The second-order valence-electron chi connectivity index (χ2n) is 7.23. The van der Waals surface area contributed by atoms with E-state index in [0.717, 1.165) is 38.9 Å². The molecule has 2 saturated heterocycles. The van der Waals surface area contributed by atoms with Crippen molar-refractivity contribution in [2.75, 3.05) is 26.2 Å². The molecule has 0 saturated carbocycles. The molecule has 0 aliphatic carbocycles. The molecule has 1 N–H and O–H groups in total. The Balaban J connectivity index is 1.99. The van der Waals surface area contributed by atoms with Crippen LogP contribution in [0.3, 0.4) is 0 Å². The summed E-state index contributed by atoms with van der Waals surface area (Å²) < 4.78 is 0. The van der Waals surface area contributed by atoms with Crippen LogP contribution >= 0.6 is 0 Å². The molecule has 0 amide bonds. The monoisotopic (exact) mass is 296 g/mol. The molecular formula is C17H32N2O2. The molecule has 0 aromatic rings. The molecule has 2 aliphatic heterocycles. The topological polar surface area (TPSA) is 43.8 Å². The van der Waals surface area contributed by atoms with Crippen molar-refractivity contribution < 1.29 is 9.90 Å². The normalized spacial score (nSPS) is 33.0. The summed E-state index contributed by atoms with van der Waals surface area (Å²) in [6.07, 6.45) is 6.29. The molecule has 2 aliphatic rings. The van der Waals surface area contributed by atoms with E-state index in [4.69, 9.17) is 0 Å². The Kier molecular flexibility index (Phi) is 5.67. The second-order valence-corrected chi connectivity index (χ2v) is 7.23. The van der Waals surface area contributed by atoms with Crippen LogP contribution in [0.1, 0.15) is 59.3 Å². The standard InChI is InChI=1S/C17H32N2O2/c1-4-17(16(20)21)9-6-11-19(13-17)15-7-5-10-18(12-8-15)14(2)3/h14-15H,4-13H2,1-3H3,(H,20,21). The third kappa shape index (κ3) is 3.78. The largest absolute Gasteiger partial charge is 0.481 e. The van der Waals surface area contributed by atoms with E-state index < -0.39 is 11.4 Å². The summed E-state index contributed by atoms with van der Waals surface area (Å²) >= 11 is 0. The molecule has 2 heterocycles. The fourth-order valence-electron chi connectivity index (χ4n) is 4.08. The fraction of sp³-hybridized carbons (Fsp3) is 0.941. The van der Waals surface area contributed by atoms with Gasteiger partial charge in [0.25, 0.3) is 0 Å². The molecule has 0 spiro atoms. The first kappa shape index (κ1) is 16.8. The van der Waals surface area contributed by atoms with Crippen molar-refractivity contribution in [3.8, 4) is 0 Å². The molecule has 2 unspecified atom stereocenters. The molecule has 0 bridgehead atoms. The summed E-state index contributed by atoms with van der Waals surface area (Å²) in [7, 11) is 0. The van der Waals surface area contributed by atoms with Crippen LogP contribution in [0.25, 0.3) is 0 Å². The lowest BCUT2D eigenvalue weighted by molar-refractivity contribution is -0.153. The zero-order valence-corrected chi connectivity index (χ0v) is 14.0. The fourth-order valence-corrected chi connectivity index (χ4v) is 4.08. The molecule has 2 atom stereocenters. The highest BCUT2D eigenvalue weighted by atomic mass is 16.4. The van der Waals surface area contributed by atoms with E-state index in [1.807, 2.05) is 6.92 Å². The quantitative estimate of drug-likeness (QED) is 0.866. The van der Waals surface area contributed by atoms with Gasteiger partial charge in [0.05, 0.1) is 5.41 Å². The van der Waals surface area contributed by atoms with Gasteiger partial charge in [0.2, 0.25) is 0 Å². The van der Waals surface area contributed by atoms with Gasteiger partial charge in [0, 0.05) is 18.6 Å². The van der Waals surface area contributed by atoms with Gasteiger partial charge in [-0.3, -0.25) is 9.69 Å². The Hall–Kier alpha value is -0.610. The first-order valence-electron chi connectivity index (χ1n) is 8.70. The number of carboxylic acids is 1. The Morgan fingerprint density at radius 1 is 1.24 bits per heavy atom. The maximum Gasteiger partial charge on any atom is 0.310 e. The highest BCUT2D eigenvalue weighted by Gasteiger charge is 2.42. The van der Waals surface area contributed by atoms with E-state index >= 15 is 0 Å². The van der Waals surface area contributed by atoms with Gasteiger partial charge in [-0.25, -0.2) is 0 Å². The number of carboxylic acid groups (broad SMARTS) is 1. The van der Waals surface area contributed by atoms with Gasteiger partial charge in [0.1, 0.15) is 0 Å². The van der Waals surface area contributed by atoms with Crippen LogP contribution in [0, 0.1) is 5.41 Å². The summed E-state index contributed by atoms with van der Waals surface area (Å²) in [6.45, 7) is 10.8. The van der Waals surface area contributed by atoms with Crippen LogP contribution in [-0.2, 0) is 4.79 Å². The lowest BCUT2D eigenvalue weighted by Gasteiger charge is -2.43. The van der Waals surface area contributed by atoms with Crippen molar-refractivity contribution in [3.05, 3.63) is 0 Å². The second kappa shape index (κ2) is 7.10. The van der Waals surface area contributed by atoms with Gasteiger partial charge in [-0.15, -0.1) is 0 Å². The van der Waals surface area contributed by atoms with Crippen LogP contribution in [-0.4, -0.2) is 59.1 Å². The molecule has 0 aromatic heterocycles. The van der Waals surface area contributed by atoms with Gasteiger partial charge in [0.15, 0.2) is 0 Å². The molecule has 4 heteroatoms. The summed E-state index contributed by atoms with van der Waals surface area (Å²) in [4.78, 5) is 16.8. The average molecular weight is 296 g/mol. The minimum Gasteiger partial charge on any atom is -0.481 e. The third-order valence-electron chi connectivity index (χ3n) is 5.72. The smallest absolute Gasteiger partial charge is 0.310 e. The van der Waals surface area contributed by atoms with Crippen LogP contribution in [0.15, 0.2) is 0 Å². The highest BCUT2D eigenvalue weighted by molar-refractivity contribution is 5.75. The van der Waals surface area contributed by atoms with E-state index in [1.165, 1.54) is 25.8 Å². The Morgan fingerprint density at radius 2 is 2.00 bits per heavy atom. The van der Waals surface area contributed by atoms with Crippen molar-refractivity contribution in [1.29, 1.82) is 0 Å². The molecule has 2 rings (SSSR count). The highest BCUT2D eigenvalue weighted by Crippen LogP contribution is 2.35. The van der Waals surface area contributed by atoms with Crippen molar-refractivity contribution in [3.63, 3.8) is 0 Å². The third-order valence-corrected chi connectivity index (χ3v) is 5.72. The number of nitrogens with zero attached hydrogens (tertiary/aromatic N) is 2. The van der Waals surface area contributed by atoms with E-state index in [1.54, 1.807) is 0 Å². The maximum atomic E-state index is 11.7. The predicted molar refractivity (Wildman–Crippen MR) is 85.5 cm³/mol. The number of likely N-dealkylation sites (tertiary alicyclic amines) is 2. The van der Waals surface area contributed by atoms with Gasteiger partial charge in [-0.2, -0.15) is 0 Å². The van der Waals surface area contributed by atoms with Crippen LogP contribution < -0.4 is 0 Å². The number of piperidine rings is 1. The zero-order chi connectivity index (χ0) is 15.5. The van der Waals surface area contributed by atoms with Crippen molar-refractivity contribution >= 4 is 5.97 Å². The van der Waals surface area contributed by atoms with Crippen LogP contribution in [0.4, 0.5) is 0 Å². The number of carbonyl (C=O) groups is 1. The first-order chi connectivity index (χ1) is 9.98. The Labute approximate surface area is 129 Å². The SMILES string of the molecule is CCC1(C(=O)O)CCCN(C2CCCN(C(C)C)CC2)C1. The van der Waals surface area contributed by atoms with E-state index in [9.17, 15) is 9.90 Å². The molecule has 0 radical (unpaired) electrons. The minimum absolute atomic E-state index is 0.498. The molecule has 2 fully saturated rings. The van der Waals surface area contributed by atoms with Crippen LogP contribution in [0.5, 0.6) is 0 Å². The molecular weight excluding hydrogens is 264 g/mol. The summed E-state index contributed by atoms with van der Waals surface area (Å²) in [6, 6.07) is 1.21. The summed E-state index contributed by atoms with van der Waals surface area (Å²) in [5, 5.41) is 9.64. The Bertz CT molecular complexity index is 359. The first-order valence-corrected chi connectivity index (χ1v) is 8.70. The van der Waals surface area contributed by atoms with Crippen molar-refractivity contribution in [2.24, 2.45) is 5.41 Å². The van der Waals surface area contributed by atoms with Crippen molar-refractivity contribution in [1.82, 2.24) is 9.80 Å². The van der Waals surface area contributed by atoms with Crippen LogP contribution in [0.2, 0.25) is 0 Å².